The van der Waals surface area contributed by atoms with E-state index in [4.69, 9.17) is 5.11 Å². The van der Waals surface area contributed by atoms with Crippen LogP contribution in [0.5, 0.6) is 0 Å². The summed E-state index contributed by atoms with van der Waals surface area (Å²) in [5.74, 6) is -0.762. The summed E-state index contributed by atoms with van der Waals surface area (Å²) < 4.78 is 0. The van der Waals surface area contributed by atoms with Crippen molar-refractivity contribution in [3.8, 4) is 0 Å². The molecular formula is C15H21NO3. The molecule has 1 aromatic carbocycles. The third kappa shape index (κ3) is 6.04. The molecule has 0 aromatic heterocycles. The average molecular weight is 263 g/mol. The molecule has 0 bridgehead atoms. The predicted octanol–water partition coefficient (Wildman–Crippen LogP) is 2.23. The average Bonchev–Trinajstić information content (AvgIpc) is 2.36. The van der Waals surface area contributed by atoms with Gasteiger partial charge in [0.15, 0.2) is 0 Å². The summed E-state index contributed by atoms with van der Waals surface area (Å²) in [6, 6.07) is 8.44. The van der Waals surface area contributed by atoms with Crippen LogP contribution in [0.25, 0.3) is 0 Å². The molecule has 1 atom stereocenters. The Labute approximate surface area is 113 Å². The van der Waals surface area contributed by atoms with Crippen molar-refractivity contribution in [1.29, 1.82) is 0 Å². The Balaban J connectivity index is 2.54. The highest BCUT2D eigenvalue weighted by Crippen LogP contribution is 2.06. The molecule has 0 aliphatic heterocycles. The first-order chi connectivity index (χ1) is 8.99. The number of hydrogen-bond acceptors (Lipinski definition) is 2. The van der Waals surface area contributed by atoms with Crippen LogP contribution in [-0.4, -0.2) is 23.0 Å². The maximum atomic E-state index is 11.7. The lowest BCUT2D eigenvalue weighted by Gasteiger charge is -2.15. The lowest BCUT2D eigenvalue weighted by molar-refractivity contribution is -0.141. The van der Waals surface area contributed by atoms with Gasteiger partial charge in [0.25, 0.3) is 0 Å². The van der Waals surface area contributed by atoms with Crippen molar-refractivity contribution in [2.24, 2.45) is 5.92 Å². The summed E-state index contributed by atoms with van der Waals surface area (Å²) >= 11 is 0. The highest BCUT2D eigenvalue weighted by Gasteiger charge is 2.20. The van der Waals surface area contributed by atoms with Gasteiger partial charge in [-0.1, -0.05) is 44.2 Å². The van der Waals surface area contributed by atoms with Gasteiger partial charge in [-0.2, -0.15) is 0 Å². The number of nitrogens with one attached hydrogen (secondary N) is 1. The van der Waals surface area contributed by atoms with Crippen LogP contribution < -0.4 is 5.32 Å². The number of benzene rings is 1. The molecule has 0 spiro atoms. The minimum atomic E-state index is -0.998. The zero-order chi connectivity index (χ0) is 14.3. The van der Waals surface area contributed by atoms with Crippen LogP contribution in [0.15, 0.2) is 30.3 Å². The Kier molecular flexibility index (Phi) is 6.06. The Morgan fingerprint density at radius 3 is 2.37 bits per heavy atom. The van der Waals surface area contributed by atoms with Gasteiger partial charge in [-0.05, 0) is 17.9 Å². The summed E-state index contributed by atoms with van der Waals surface area (Å²) in [7, 11) is 0. The summed E-state index contributed by atoms with van der Waals surface area (Å²) in [6.07, 6.45) is 1.45. The lowest BCUT2D eigenvalue weighted by Crippen LogP contribution is -2.42. The van der Waals surface area contributed by atoms with E-state index in [0.717, 1.165) is 12.0 Å². The van der Waals surface area contributed by atoms with E-state index >= 15 is 0 Å². The van der Waals surface area contributed by atoms with Crippen LogP contribution in [0.4, 0.5) is 0 Å². The predicted molar refractivity (Wildman–Crippen MR) is 73.8 cm³/mol. The van der Waals surface area contributed by atoms with E-state index in [1.165, 1.54) is 0 Å². The molecule has 0 saturated carbocycles. The second-order valence-corrected chi connectivity index (χ2v) is 5.08. The van der Waals surface area contributed by atoms with Gasteiger partial charge >= 0.3 is 5.97 Å². The summed E-state index contributed by atoms with van der Waals surface area (Å²) in [6.45, 7) is 4.07. The third-order valence-electron chi connectivity index (χ3n) is 2.86. The first-order valence-corrected chi connectivity index (χ1v) is 6.55. The van der Waals surface area contributed by atoms with Gasteiger partial charge in [-0.25, -0.2) is 4.79 Å². The number of carboxylic acids is 1. The van der Waals surface area contributed by atoms with Gasteiger partial charge in [-0.15, -0.1) is 0 Å². The van der Waals surface area contributed by atoms with Gasteiger partial charge < -0.3 is 10.4 Å². The molecule has 0 radical (unpaired) electrons. The summed E-state index contributed by atoms with van der Waals surface area (Å²) in [4.78, 5) is 22.8. The minimum Gasteiger partial charge on any atom is -0.480 e. The van der Waals surface area contributed by atoms with Crippen LogP contribution >= 0.6 is 0 Å². The van der Waals surface area contributed by atoms with Gasteiger partial charge in [-0.3, -0.25) is 4.79 Å². The van der Waals surface area contributed by atoms with Crippen molar-refractivity contribution in [2.75, 3.05) is 0 Å². The second-order valence-electron chi connectivity index (χ2n) is 5.08. The van der Waals surface area contributed by atoms with Gasteiger partial charge in [0.2, 0.25) is 5.91 Å². The molecule has 0 aliphatic rings. The number of carbonyl (C=O) groups is 2. The normalized spacial score (nSPS) is 12.2. The molecule has 1 unspecified atom stereocenters. The number of carbonyl (C=O) groups excluding carboxylic acids is 1. The van der Waals surface area contributed by atoms with E-state index < -0.39 is 12.0 Å². The molecule has 2 N–H and O–H groups in total. The SMILES string of the molecule is CC(C)CCC(=O)NC(Cc1ccccc1)C(=O)O. The first-order valence-electron chi connectivity index (χ1n) is 6.55. The summed E-state index contributed by atoms with van der Waals surface area (Å²) in [5, 5.41) is 11.7. The van der Waals surface area contributed by atoms with E-state index in [2.05, 4.69) is 5.32 Å². The molecule has 1 rings (SSSR count). The van der Waals surface area contributed by atoms with Crippen molar-refractivity contribution in [3.05, 3.63) is 35.9 Å². The zero-order valence-corrected chi connectivity index (χ0v) is 11.4. The van der Waals surface area contributed by atoms with Gasteiger partial charge in [0.1, 0.15) is 6.04 Å². The van der Waals surface area contributed by atoms with Crippen LogP contribution in [0.1, 0.15) is 32.3 Å². The van der Waals surface area contributed by atoms with Crippen LogP contribution in [0, 0.1) is 5.92 Å². The molecule has 0 heterocycles. The van der Waals surface area contributed by atoms with E-state index in [1.807, 2.05) is 44.2 Å². The zero-order valence-electron chi connectivity index (χ0n) is 11.4. The van der Waals surface area contributed by atoms with Crippen LogP contribution in [0.2, 0.25) is 0 Å². The van der Waals surface area contributed by atoms with Gasteiger partial charge in [0, 0.05) is 12.8 Å². The van der Waals surface area contributed by atoms with E-state index in [9.17, 15) is 9.59 Å². The molecular weight excluding hydrogens is 242 g/mol. The molecule has 0 fully saturated rings. The molecule has 1 aromatic rings. The maximum Gasteiger partial charge on any atom is 0.326 e. The number of amides is 1. The van der Waals surface area contributed by atoms with Crippen molar-refractivity contribution in [3.63, 3.8) is 0 Å². The van der Waals surface area contributed by atoms with Crippen molar-refractivity contribution in [1.82, 2.24) is 5.32 Å². The Morgan fingerprint density at radius 2 is 1.84 bits per heavy atom. The van der Waals surface area contributed by atoms with Crippen molar-refractivity contribution in [2.45, 2.75) is 39.2 Å². The molecule has 19 heavy (non-hydrogen) atoms. The topological polar surface area (TPSA) is 66.4 Å². The maximum absolute atomic E-state index is 11.7. The van der Waals surface area contributed by atoms with E-state index in [0.29, 0.717) is 18.8 Å². The number of aliphatic carboxylic acids is 1. The molecule has 4 nitrogen and oxygen atoms in total. The van der Waals surface area contributed by atoms with Gasteiger partial charge in [0.05, 0.1) is 0 Å². The highest BCUT2D eigenvalue weighted by atomic mass is 16.4. The van der Waals surface area contributed by atoms with Crippen molar-refractivity contribution < 1.29 is 14.7 Å². The quantitative estimate of drug-likeness (QED) is 0.792. The summed E-state index contributed by atoms with van der Waals surface area (Å²) in [5.41, 5.74) is 0.902. The van der Waals surface area contributed by atoms with Crippen LogP contribution in [-0.2, 0) is 16.0 Å². The smallest absolute Gasteiger partial charge is 0.326 e. The Bertz CT molecular complexity index is 415. The fraction of sp³-hybridized carbons (Fsp3) is 0.467. The Hall–Kier alpha value is -1.84. The molecule has 104 valence electrons. The standard InChI is InChI=1S/C15H21NO3/c1-11(2)8-9-14(17)16-13(15(18)19)10-12-6-4-3-5-7-12/h3-7,11,13H,8-10H2,1-2H3,(H,16,17)(H,18,19). The first kappa shape index (κ1) is 15.2. The van der Waals surface area contributed by atoms with Crippen molar-refractivity contribution >= 4 is 11.9 Å². The van der Waals surface area contributed by atoms with E-state index in [1.54, 1.807) is 0 Å². The minimum absolute atomic E-state index is 0.197. The fourth-order valence-corrected chi connectivity index (χ4v) is 1.74. The van der Waals surface area contributed by atoms with Crippen LogP contribution in [0.3, 0.4) is 0 Å². The Morgan fingerprint density at radius 1 is 1.21 bits per heavy atom. The lowest BCUT2D eigenvalue weighted by atomic mass is 10.0. The fourth-order valence-electron chi connectivity index (χ4n) is 1.74. The molecule has 1 amide bonds. The number of carboxylic acid groups (broad SMARTS) is 1. The second kappa shape index (κ2) is 7.56. The number of hydrogen-bond donors (Lipinski definition) is 2. The highest BCUT2D eigenvalue weighted by molar-refractivity contribution is 5.83. The third-order valence-corrected chi connectivity index (χ3v) is 2.86. The molecule has 0 aliphatic carbocycles. The largest absolute Gasteiger partial charge is 0.480 e. The molecule has 0 saturated heterocycles. The monoisotopic (exact) mass is 263 g/mol. The number of rotatable bonds is 7. The molecule has 4 heteroatoms. The van der Waals surface area contributed by atoms with E-state index in [-0.39, 0.29) is 5.91 Å².